The lowest BCUT2D eigenvalue weighted by atomic mass is 10.1. The van der Waals surface area contributed by atoms with Crippen molar-refractivity contribution < 1.29 is 4.74 Å². The smallest absolute Gasteiger partial charge is 0.219 e. The van der Waals surface area contributed by atoms with Gasteiger partial charge in [-0.15, -0.1) is 11.3 Å². The number of hydrogen-bond acceptors (Lipinski definition) is 5. The van der Waals surface area contributed by atoms with Gasteiger partial charge in [-0.3, -0.25) is 0 Å². The molecular weight excluding hydrogens is 414 g/mol. The highest BCUT2D eigenvalue weighted by atomic mass is 32.1. The summed E-state index contributed by atoms with van der Waals surface area (Å²) in [7, 11) is 2.13. The molecular formula is C27H21N3OS. The van der Waals surface area contributed by atoms with E-state index in [1.54, 1.807) is 6.20 Å². The molecule has 0 radical (unpaired) electrons. The van der Waals surface area contributed by atoms with Crippen LogP contribution in [0, 0.1) is 0 Å². The standard InChI is InChI=1S/C27H21N3OS/c1-29-18-30(20-7-6-8-21(16-20)31-27-11-4-5-14-28-27)17-24(29)19-12-13-23-22-9-2-3-10-25(22)32-26(23)15-19/h2-17H,18H2,1H3. The summed E-state index contributed by atoms with van der Waals surface area (Å²) >= 11 is 1.85. The first-order valence-corrected chi connectivity index (χ1v) is 11.4. The Morgan fingerprint density at radius 1 is 0.844 bits per heavy atom. The normalized spacial score (nSPS) is 13.7. The Kier molecular flexibility index (Phi) is 4.55. The van der Waals surface area contributed by atoms with Gasteiger partial charge in [0.05, 0.1) is 12.4 Å². The van der Waals surface area contributed by atoms with Crippen LogP contribution in [0.25, 0.3) is 25.9 Å². The molecule has 156 valence electrons. The van der Waals surface area contributed by atoms with Crippen molar-refractivity contribution >= 4 is 42.9 Å². The molecule has 5 heteroatoms. The largest absolute Gasteiger partial charge is 0.439 e. The molecule has 0 spiro atoms. The third kappa shape index (κ3) is 3.37. The lowest BCUT2D eigenvalue weighted by Crippen LogP contribution is -2.22. The summed E-state index contributed by atoms with van der Waals surface area (Å²) in [6.07, 6.45) is 3.95. The SMILES string of the molecule is CN1CN(c2cccc(Oc3ccccn3)c2)C=C1c1ccc2c(c1)sc1ccccc12. The highest BCUT2D eigenvalue weighted by molar-refractivity contribution is 7.25. The minimum absolute atomic E-state index is 0.594. The molecule has 0 atom stereocenters. The molecule has 0 N–H and O–H groups in total. The lowest BCUT2D eigenvalue weighted by molar-refractivity contribution is 0.462. The third-order valence-corrected chi connectivity index (χ3v) is 6.87. The number of anilines is 1. The van der Waals surface area contributed by atoms with Gasteiger partial charge in [0.1, 0.15) is 5.75 Å². The minimum atomic E-state index is 0.594. The fourth-order valence-corrected chi connectivity index (χ4v) is 5.33. The highest BCUT2D eigenvalue weighted by Crippen LogP contribution is 2.37. The maximum atomic E-state index is 5.92. The van der Waals surface area contributed by atoms with Crippen molar-refractivity contribution in [2.45, 2.75) is 0 Å². The van der Waals surface area contributed by atoms with E-state index in [4.69, 9.17) is 4.74 Å². The molecule has 0 amide bonds. The predicted octanol–water partition coefficient (Wildman–Crippen LogP) is 6.95. The van der Waals surface area contributed by atoms with Crippen LogP contribution in [0.1, 0.15) is 5.56 Å². The van der Waals surface area contributed by atoms with Gasteiger partial charge in [-0.1, -0.05) is 42.5 Å². The van der Waals surface area contributed by atoms with Gasteiger partial charge >= 0.3 is 0 Å². The average Bonchev–Trinajstić information content (AvgIpc) is 3.40. The molecule has 1 aliphatic heterocycles. The molecule has 1 aliphatic rings. The zero-order chi connectivity index (χ0) is 21.5. The molecule has 2 aromatic heterocycles. The summed E-state index contributed by atoms with van der Waals surface area (Å²) in [5.41, 5.74) is 3.53. The molecule has 0 fully saturated rings. The third-order valence-electron chi connectivity index (χ3n) is 5.74. The summed E-state index contributed by atoms with van der Waals surface area (Å²) in [5.74, 6) is 1.37. The summed E-state index contributed by atoms with van der Waals surface area (Å²) in [4.78, 5) is 8.77. The van der Waals surface area contributed by atoms with Crippen molar-refractivity contribution in [1.29, 1.82) is 0 Å². The Hall–Kier alpha value is -3.83. The van der Waals surface area contributed by atoms with E-state index >= 15 is 0 Å². The van der Waals surface area contributed by atoms with E-state index < -0.39 is 0 Å². The molecule has 5 aromatic rings. The second-order valence-corrected chi connectivity index (χ2v) is 8.98. The van der Waals surface area contributed by atoms with Gasteiger partial charge in [-0.2, -0.15) is 0 Å². The van der Waals surface area contributed by atoms with E-state index in [0.29, 0.717) is 5.88 Å². The Balaban J connectivity index is 1.32. The van der Waals surface area contributed by atoms with E-state index in [9.17, 15) is 0 Å². The van der Waals surface area contributed by atoms with Gasteiger partial charge in [0.25, 0.3) is 0 Å². The van der Waals surface area contributed by atoms with Gasteiger partial charge < -0.3 is 14.5 Å². The lowest BCUT2D eigenvalue weighted by Gasteiger charge is -2.20. The summed E-state index contributed by atoms with van der Waals surface area (Å²) in [6.45, 7) is 0.785. The van der Waals surface area contributed by atoms with Crippen LogP contribution in [-0.2, 0) is 0 Å². The molecule has 6 rings (SSSR count). The van der Waals surface area contributed by atoms with Gasteiger partial charge in [0.15, 0.2) is 0 Å². The van der Waals surface area contributed by atoms with Crippen molar-refractivity contribution in [2.75, 3.05) is 18.6 Å². The number of rotatable bonds is 4. The minimum Gasteiger partial charge on any atom is -0.439 e. The second kappa shape index (κ2) is 7.70. The molecule has 0 aliphatic carbocycles. The summed E-state index contributed by atoms with van der Waals surface area (Å²) in [5, 5.41) is 2.66. The van der Waals surface area contributed by atoms with Crippen molar-refractivity contribution in [1.82, 2.24) is 9.88 Å². The Labute approximate surface area is 190 Å². The molecule has 4 nitrogen and oxygen atoms in total. The van der Waals surface area contributed by atoms with E-state index in [2.05, 4.69) is 82.6 Å². The second-order valence-electron chi connectivity index (χ2n) is 7.90. The summed E-state index contributed by atoms with van der Waals surface area (Å²) in [6, 6.07) is 29.2. The van der Waals surface area contributed by atoms with Crippen LogP contribution in [0.15, 0.2) is 97.3 Å². The molecule has 0 unspecified atom stereocenters. The quantitative estimate of drug-likeness (QED) is 0.305. The Morgan fingerprint density at radius 2 is 1.72 bits per heavy atom. The van der Waals surface area contributed by atoms with Crippen molar-refractivity contribution in [3.8, 4) is 11.6 Å². The van der Waals surface area contributed by atoms with Crippen molar-refractivity contribution in [2.24, 2.45) is 0 Å². The molecule has 32 heavy (non-hydrogen) atoms. The van der Waals surface area contributed by atoms with Crippen LogP contribution in [0.2, 0.25) is 0 Å². The predicted molar refractivity (Wildman–Crippen MR) is 133 cm³/mol. The van der Waals surface area contributed by atoms with E-state index in [0.717, 1.165) is 18.1 Å². The number of hydrogen-bond donors (Lipinski definition) is 0. The van der Waals surface area contributed by atoms with E-state index in [1.807, 2.05) is 41.7 Å². The van der Waals surface area contributed by atoms with Gasteiger partial charge in [0.2, 0.25) is 5.88 Å². The number of ether oxygens (including phenoxy) is 1. The first-order chi connectivity index (χ1) is 15.7. The number of aromatic nitrogens is 1. The highest BCUT2D eigenvalue weighted by Gasteiger charge is 2.21. The van der Waals surface area contributed by atoms with E-state index in [1.165, 1.54) is 31.4 Å². The van der Waals surface area contributed by atoms with Crippen LogP contribution in [0.4, 0.5) is 5.69 Å². The van der Waals surface area contributed by atoms with Crippen LogP contribution in [0.3, 0.4) is 0 Å². The number of nitrogens with zero attached hydrogens (tertiary/aromatic N) is 3. The number of fused-ring (bicyclic) bond motifs is 3. The molecule has 3 heterocycles. The monoisotopic (exact) mass is 435 g/mol. The zero-order valence-corrected chi connectivity index (χ0v) is 18.4. The zero-order valence-electron chi connectivity index (χ0n) is 17.6. The van der Waals surface area contributed by atoms with Gasteiger partial charge in [0, 0.05) is 63.0 Å². The van der Waals surface area contributed by atoms with Crippen LogP contribution < -0.4 is 9.64 Å². The molecule has 0 saturated carbocycles. The first kappa shape index (κ1) is 18.9. The van der Waals surface area contributed by atoms with Crippen LogP contribution in [-0.4, -0.2) is 23.6 Å². The topological polar surface area (TPSA) is 28.6 Å². The fraction of sp³-hybridized carbons (Fsp3) is 0.0741. The Morgan fingerprint density at radius 3 is 2.62 bits per heavy atom. The molecule has 3 aromatic carbocycles. The van der Waals surface area contributed by atoms with E-state index in [-0.39, 0.29) is 0 Å². The number of pyridine rings is 1. The Bertz CT molecular complexity index is 1460. The number of thiophene rings is 1. The maximum Gasteiger partial charge on any atom is 0.219 e. The first-order valence-electron chi connectivity index (χ1n) is 10.5. The molecule has 0 bridgehead atoms. The average molecular weight is 436 g/mol. The van der Waals surface area contributed by atoms with Crippen LogP contribution >= 0.6 is 11.3 Å². The van der Waals surface area contributed by atoms with Crippen molar-refractivity contribution in [3.63, 3.8) is 0 Å². The fourth-order valence-electron chi connectivity index (χ4n) is 4.18. The van der Waals surface area contributed by atoms with Crippen molar-refractivity contribution in [3.05, 3.63) is 103 Å². The number of benzene rings is 3. The van der Waals surface area contributed by atoms with Crippen LogP contribution in [0.5, 0.6) is 11.6 Å². The maximum absolute atomic E-state index is 5.92. The van der Waals surface area contributed by atoms with Gasteiger partial charge in [-0.25, -0.2) is 4.98 Å². The summed E-state index contributed by atoms with van der Waals surface area (Å²) < 4.78 is 8.58. The van der Waals surface area contributed by atoms with Gasteiger partial charge in [-0.05, 0) is 30.3 Å². The molecule has 0 saturated heterocycles.